The van der Waals surface area contributed by atoms with Crippen LogP contribution in [-0.2, 0) is 16.1 Å². The maximum atomic E-state index is 17.6. The standard InChI is InChI=1S/C30H39F2NO5/c1-17-7-8-20(38-17)16-33(6)15-18-13-27(3)23-12-22(31)21-11-19(34)9-10-26(21,2)30(23,32)24(35)14-28(27,4)29(18,5)25(36)37/h7-11,18,22-24,35H,12-16H2,1-6H3,(H,36,37). The van der Waals surface area contributed by atoms with Gasteiger partial charge in [-0.3, -0.25) is 14.5 Å². The molecule has 0 bridgehead atoms. The first kappa shape index (κ1) is 27.3. The summed E-state index contributed by atoms with van der Waals surface area (Å²) in [6.45, 7) is 9.81. The average molecular weight is 532 g/mol. The van der Waals surface area contributed by atoms with Gasteiger partial charge in [0.2, 0.25) is 0 Å². The Morgan fingerprint density at radius 2 is 1.89 bits per heavy atom. The fourth-order valence-electron chi connectivity index (χ4n) is 9.06. The molecular formula is C30H39F2NO5. The van der Waals surface area contributed by atoms with E-state index in [9.17, 15) is 19.8 Å². The van der Waals surface area contributed by atoms with Gasteiger partial charge in [-0.05, 0) is 93.7 Å². The van der Waals surface area contributed by atoms with Crippen molar-refractivity contribution in [1.82, 2.24) is 4.90 Å². The highest BCUT2D eigenvalue weighted by Gasteiger charge is 2.80. The molecule has 0 spiro atoms. The Balaban J connectivity index is 1.57. The number of carboxylic acids is 1. The zero-order valence-electron chi connectivity index (χ0n) is 23.1. The number of halogens is 2. The Labute approximate surface area is 222 Å². The number of carboxylic acid groups (broad SMARTS) is 1. The van der Waals surface area contributed by atoms with Crippen LogP contribution in [0.25, 0.3) is 0 Å². The van der Waals surface area contributed by atoms with Crippen LogP contribution in [0.4, 0.5) is 8.78 Å². The fourth-order valence-corrected chi connectivity index (χ4v) is 9.06. The van der Waals surface area contributed by atoms with Crippen molar-refractivity contribution in [3.8, 4) is 0 Å². The van der Waals surface area contributed by atoms with Gasteiger partial charge >= 0.3 is 5.97 Å². The number of aryl methyl sites for hydroxylation is 1. The molecule has 9 atom stereocenters. The Morgan fingerprint density at radius 3 is 2.50 bits per heavy atom. The van der Waals surface area contributed by atoms with E-state index in [1.165, 1.54) is 18.2 Å². The van der Waals surface area contributed by atoms with Crippen molar-refractivity contribution in [3.63, 3.8) is 0 Å². The van der Waals surface area contributed by atoms with Crippen LogP contribution in [0, 0.1) is 40.4 Å². The summed E-state index contributed by atoms with van der Waals surface area (Å²) in [6.07, 6.45) is 0.869. The maximum absolute atomic E-state index is 17.6. The van der Waals surface area contributed by atoms with E-state index in [1.54, 1.807) is 13.8 Å². The number of hydrogen-bond acceptors (Lipinski definition) is 5. The molecule has 0 aromatic carbocycles. The lowest BCUT2D eigenvalue weighted by molar-refractivity contribution is -0.243. The van der Waals surface area contributed by atoms with Gasteiger partial charge in [0.05, 0.1) is 18.1 Å². The minimum Gasteiger partial charge on any atom is -0.481 e. The second kappa shape index (κ2) is 8.34. The molecule has 38 heavy (non-hydrogen) atoms. The molecule has 208 valence electrons. The van der Waals surface area contributed by atoms with Crippen LogP contribution < -0.4 is 0 Å². The summed E-state index contributed by atoms with van der Waals surface area (Å²) in [7, 11) is 1.90. The van der Waals surface area contributed by atoms with Gasteiger partial charge in [-0.1, -0.05) is 19.9 Å². The molecule has 5 rings (SSSR count). The van der Waals surface area contributed by atoms with E-state index in [-0.39, 0.29) is 24.3 Å². The third-order valence-corrected chi connectivity index (χ3v) is 11.5. The van der Waals surface area contributed by atoms with Crippen LogP contribution in [0.2, 0.25) is 0 Å². The van der Waals surface area contributed by atoms with E-state index in [4.69, 9.17) is 4.42 Å². The highest BCUT2D eigenvalue weighted by atomic mass is 19.1. The zero-order chi connectivity index (χ0) is 28.1. The number of aliphatic carboxylic acids is 1. The van der Waals surface area contributed by atoms with Crippen molar-refractivity contribution in [3.05, 3.63) is 47.5 Å². The summed E-state index contributed by atoms with van der Waals surface area (Å²) in [4.78, 5) is 27.2. The van der Waals surface area contributed by atoms with Gasteiger partial charge in [0.15, 0.2) is 11.5 Å². The summed E-state index contributed by atoms with van der Waals surface area (Å²) in [5, 5.41) is 22.3. The molecule has 0 radical (unpaired) electrons. The summed E-state index contributed by atoms with van der Waals surface area (Å²) >= 11 is 0. The number of ketones is 1. The van der Waals surface area contributed by atoms with Gasteiger partial charge in [0.25, 0.3) is 0 Å². The number of nitrogens with zero attached hydrogens (tertiary/aromatic N) is 1. The third kappa shape index (κ3) is 3.22. The lowest BCUT2D eigenvalue weighted by Gasteiger charge is -2.67. The highest BCUT2D eigenvalue weighted by Crippen LogP contribution is 2.78. The van der Waals surface area contributed by atoms with Gasteiger partial charge in [0.1, 0.15) is 17.7 Å². The first-order valence-electron chi connectivity index (χ1n) is 13.5. The van der Waals surface area contributed by atoms with Crippen LogP contribution in [0.3, 0.4) is 0 Å². The van der Waals surface area contributed by atoms with Crippen molar-refractivity contribution in [2.45, 2.75) is 78.4 Å². The van der Waals surface area contributed by atoms with Crippen LogP contribution in [0.5, 0.6) is 0 Å². The average Bonchev–Trinajstić information content (AvgIpc) is 3.30. The number of furan rings is 1. The predicted octanol–water partition coefficient (Wildman–Crippen LogP) is 5.05. The number of aliphatic hydroxyl groups is 1. The molecule has 6 nitrogen and oxygen atoms in total. The van der Waals surface area contributed by atoms with Gasteiger partial charge in [-0.2, -0.15) is 0 Å². The molecule has 1 aromatic rings. The topological polar surface area (TPSA) is 91.0 Å². The minimum atomic E-state index is -2.25. The summed E-state index contributed by atoms with van der Waals surface area (Å²) < 4.78 is 39.2. The molecule has 0 aliphatic heterocycles. The Morgan fingerprint density at radius 1 is 1.21 bits per heavy atom. The molecule has 3 fully saturated rings. The lowest BCUT2D eigenvalue weighted by atomic mass is 9.39. The van der Waals surface area contributed by atoms with Crippen LogP contribution in [0.15, 0.2) is 40.4 Å². The predicted molar refractivity (Wildman–Crippen MR) is 138 cm³/mol. The monoisotopic (exact) mass is 531 g/mol. The van der Waals surface area contributed by atoms with Crippen LogP contribution in [-0.4, -0.2) is 58.4 Å². The number of carbonyl (C=O) groups is 2. The molecule has 8 heteroatoms. The maximum Gasteiger partial charge on any atom is 0.310 e. The number of rotatable bonds is 5. The van der Waals surface area contributed by atoms with E-state index in [1.807, 2.05) is 44.9 Å². The molecule has 0 saturated heterocycles. The molecule has 9 unspecified atom stereocenters. The SMILES string of the molecule is Cc1ccc(CN(C)CC2CC3(C)C4CC(F)C5=CC(=O)C=CC5(C)C4(F)C(O)CC3(C)C2(C)C(=O)O)o1. The first-order chi connectivity index (χ1) is 17.5. The van der Waals surface area contributed by atoms with Crippen molar-refractivity contribution < 1.29 is 33.0 Å². The van der Waals surface area contributed by atoms with Crippen molar-refractivity contribution >= 4 is 11.8 Å². The van der Waals surface area contributed by atoms with E-state index in [0.717, 1.165) is 11.5 Å². The molecule has 2 N–H and O–H groups in total. The number of carbonyl (C=O) groups excluding carboxylic acids is 1. The van der Waals surface area contributed by atoms with Crippen molar-refractivity contribution in [2.75, 3.05) is 13.6 Å². The summed E-state index contributed by atoms with van der Waals surface area (Å²) in [5.74, 6) is -1.14. The number of allylic oxidation sites excluding steroid dienone is 4. The Bertz CT molecular complexity index is 1240. The molecule has 4 aliphatic rings. The van der Waals surface area contributed by atoms with Gasteiger partial charge < -0.3 is 14.6 Å². The largest absolute Gasteiger partial charge is 0.481 e. The van der Waals surface area contributed by atoms with Crippen LogP contribution in [0.1, 0.15) is 58.5 Å². The second-order valence-corrected chi connectivity index (χ2v) is 13.1. The lowest BCUT2D eigenvalue weighted by Crippen LogP contribution is -2.72. The van der Waals surface area contributed by atoms with Crippen molar-refractivity contribution in [2.24, 2.45) is 33.5 Å². The quantitative estimate of drug-likeness (QED) is 0.553. The molecular weight excluding hydrogens is 492 g/mol. The molecule has 3 saturated carbocycles. The van der Waals surface area contributed by atoms with E-state index >= 15 is 8.78 Å². The van der Waals surface area contributed by atoms with Gasteiger partial charge in [-0.15, -0.1) is 0 Å². The normalized spacial score (nSPS) is 45.9. The summed E-state index contributed by atoms with van der Waals surface area (Å²) in [6, 6.07) is 3.77. The summed E-state index contributed by atoms with van der Waals surface area (Å²) in [5.41, 5.74) is -6.91. The van der Waals surface area contributed by atoms with Gasteiger partial charge in [-0.25, -0.2) is 8.78 Å². The highest BCUT2D eigenvalue weighted by molar-refractivity contribution is 6.01. The smallest absolute Gasteiger partial charge is 0.310 e. The van der Waals surface area contributed by atoms with Gasteiger partial charge in [0, 0.05) is 17.9 Å². The molecule has 4 aliphatic carbocycles. The van der Waals surface area contributed by atoms with E-state index < -0.39 is 57.3 Å². The Kier molecular flexibility index (Phi) is 5.98. The third-order valence-electron chi connectivity index (χ3n) is 11.5. The molecule has 0 amide bonds. The minimum absolute atomic E-state index is 0.0685. The van der Waals surface area contributed by atoms with E-state index in [2.05, 4.69) is 0 Å². The molecule has 1 heterocycles. The first-order valence-corrected chi connectivity index (χ1v) is 13.5. The number of hydrogen-bond donors (Lipinski definition) is 2. The number of aliphatic hydroxyl groups excluding tert-OH is 1. The number of fused-ring (bicyclic) bond motifs is 5. The van der Waals surface area contributed by atoms with Crippen LogP contribution >= 0.6 is 0 Å². The second-order valence-electron chi connectivity index (χ2n) is 13.1. The van der Waals surface area contributed by atoms with Crippen molar-refractivity contribution in [1.29, 1.82) is 0 Å². The fraction of sp³-hybridized carbons (Fsp3) is 0.667. The van der Waals surface area contributed by atoms with E-state index in [0.29, 0.717) is 19.5 Å². The number of alkyl halides is 2. The zero-order valence-corrected chi connectivity index (χ0v) is 23.1. The Hall–Kier alpha value is -2.32. The molecule has 1 aromatic heterocycles.